The number of piperidine rings is 1. The fourth-order valence-corrected chi connectivity index (χ4v) is 2.02. The van der Waals surface area contributed by atoms with Gasteiger partial charge in [-0.1, -0.05) is 0 Å². The third-order valence-electron chi connectivity index (χ3n) is 3.15. The molecule has 1 fully saturated rings. The quantitative estimate of drug-likeness (QED) is 0.813. The summed E-state index contributed by atoms with van der Waals surface area (Å²) >= 11 is 0. The van der Waals surface area contributed by atoms with Crippen LogP contribution in [-0.4, -0.2) is 18.0 Å². The molecule has 0 aromatic carbocycles. The van der Waals surface area contributed by atoms with Crippen LogP contribution in [0.15, 0.2) is 23.0 Å². The van der Waals surface area contributed by atoms with E-state index >= 15 is 0 Å². The van der Waals surface area contributed by atoms with Gasteiger partial charge < -0.3 is 15.1 Å². The van der Waals surface area contributed by atoms with Crippen molar-refractivity contribution >= 4 is 5.91 Å². The normalized spacial score (nSPS) is 25.3. The largest absolute Gasteiger partial charge is 0.472 e. The maximum Gasteiger partial charge on any atom is 0.240 e. The van der Waals surface area contributed by atoms with Crippen molar-refractivity contribution in [1.82, 2.24) is 10.6 Å². The molecule has 1 unspecified atom stereocenters. The second kappa shape index (κ2) is 4.70. The Bertz CT molecular complexity index is 340. The number of rotatable bonds is 3. The second-order valence-corrected chi connectivity index (χ2v) is 4.53. The van der Waals surface area contributed by atoms with Crippen LogP contribution in [-0.2, 0) is 11.3 Å². The third kappa shape index (κ3) is 2.44. The molecule has 1 aliphatic heterocycles. The molecule has 1 amide bonds. The van der Waals surface area contributed by atoms with Crippen molar-refractivity contribution in [2.75, 3.05) is 6.54 Å². The van der Waals surface area contributed by atoms with Crippen molar-refractivity contribution in [2.45, 2.75) is 38.3 Å². The van der Waals surface area contributed by atoms with Gasteiger partial charge in [0.15, 0.2) is 0 Å². The van der Waals surface area contributed by atoms with Crippen molar-refractivity contribution in [3.8, 4) is 0 Å². The lowest BCUT2D eigenvalue weighted by atomic mass is 9.90. The fraction of sp³-hybridized carbons (Fsp3) is 0.583. The minimum absolute atomic E-state index is 0.0772. The minimum atomic E-state index is -0.401. The van der Waals surface area contributed by atoms with Crippen LogP contribution in [0.2, 0.25) is 0 Å². The molecule has 4 nitrogen and oxygen atoms in total. The monoisotopic (exact) mass is 222 g/mol. The zero-order chi connectivity index (χ0) is 11.4. The van der Waals surface area contributed by atoms with E-state index < -0.39 is 5.54 Å². The molecule has 2 rings (SSSR count). The number of amides is 1. The highest BCUT2D eigenvalue weighted by Gasteiger charge is 2.33. The molecule has 0 aliphatic carbocycles. The lowest BCUT2D eigenvalue weighted by Gasteiger charge is -2.33. The Labute approximate surface area is 95.4 Å². The molecule has 0 radical (unpaired) electrons. The summed E-state index contributed by atoms with van der Waals surface area (Å²) in [5.41, 5.74) is 0.592. The van der Waals surface area contributed by atoms with Gasteiger partial charge >= 0.3 is 0 Å². The summed E-state index contributed by atoms with van der Waals surface area (Å²) in [5.74, 6) is 0.0772. The fourth-order valence-electron chi connectivity index (χ4n) is 2.02. The van der Waals surface area contributed by atoms with E-state index in [1.54, 1.807) is 12.5 Å². The van der Waals surface area contributed by atoms with Gasteiger partial charge in [0.05, 0.1) is 18.1 Å². The lowest BCUT2D eigenvalue weighted by Crippen LogP contribution is -2.56. The molecule has 1 aromatic rings. The van der Waals surface area contributed by atoms with Crippen LogP contribution >= 0.6 is 0 Å². The Balaban J connectivity index is 1.87. The van der Waals surface area contributed by atoms with Gasteiger partial charge in [-0.25, -0.2) is 0 Å². The minimum Gasteiger partial charge on any atom is -0.472 e. The molecule has 1 atom stereocenters. The van der Waals surface area contributed by atoms with Crippen LogP contribution in [0.4, 0.5) is 0 Å². The molecule has 2 N–H and O–H groups in total. The van der Waals surface area contributed by atoms with E-state index in [9.17, 15) is 4.79 Å². The summed E-state index contributed by atoms with van der Waals surface area (Å²) in [6.07, 6.45) is 6.44. The Morgan fingerprint density at radius 1 is 1.62 bits per heavy atom. The van der Waals surface area contributed by atoms with E-state index in [0.29, 0.717) is 6.54 Å². The van der Waals surface area contributed by atoms with Crippen molar-refractivity contribution in [2.24, 2.45) is 0 Å². The van der Waals surface area contributed by atoms with Gasteiger partial charge in [-0.3, -0.25) is 4.79 Å². The molecular weight excluding hydrogens is 204 g/mol. The molecule has 2 heterocycles. The topological polar surface area (TPSA) is 54.3 Å². The van der Waals surface area contributed by atoms with E-state index in [2.05, 4.69) is 10.6 Å². The van der Waals surface area contributed by atoms with E-state index in [1.165, 1.54) is 0 Å². The third-order valence-corrected chi connectivity index (χ3v) is 3.15. The molecule has 0 saturated carbocycles. The Kier molecular flexibility index (Phi) is 3.29. The SMILES string of the molecule is CC1(C(=O)NCc2ccoc2)CCCCN1. The number of hydrogen-bond acceptors (Lipinski definition) is 3. The summed E-state index contributed by atoms with van der Waals surface area (Å²) in [7, 11) is 0. The molecule has 4 heteroatoms. The first-order valence-corrected chi connectivity index (χ1v) is 5.75. The first-order chi connectivity index (χ1) is 7.71. The zero-order valence-corrected chi connectivity index (χ0v) is 9.58. The Morgan fingerprint density at radius 3 is 3.12 bits per heavy atom. The van der Waals surface area contributed by atoms with E-state index in [0.717, 1.165) is 31.4 Å². The van der Waals surface area contributed by atoms with Crippen LogP contribution < -0.4 is 10.6 Å². The number of hydrogen-bond donors (Lipinski definition) is 2. The predicted molar refractivity (Wildman–Crippen MR) is 60.8 cm³/mol. The van der Waals surface area contributed by atoms with Gasteiger partial charge in [0.2, 0.25) is 5.91 Å². The van der Waals surface area contributed by atoms with Crippen molar-refractivity contribution in [1.29, 1.82) is 0 Å². The Morgan fingerprint density at radius 2 is 2.50 bits per heavy atom. The standard InChI is InChI=1S/C12H18N2O2/c1-12(5-2-3-6-14-12)11(15)13-8-10-4-7-16-9-10/h4,7,9,14H,2-3,5-6,8H2,1H3,(H,13,15). The van der Waals surface area contributed by atoms with Crippen molar-refractivity contribution < 1.29 is 9.21 Å². The molecule has 1 aliphatic rings. The summed E-state index contributed by atoms with van der Waals surface area (Å²) in [6, 6.07) is 1.86. The summed E-state index contributed by atoms with van der Waals surface area (Å²) in [5, 5.41) is 6.22. The van der Waals surface area contributed by atoms with Gasteiger partial charge in [-0.15, -0.1) is 0 Å². The molecule has 16 heavy (non-hydrogen) atoms. The number of nitrogens with one attached hydrogen (secondary N) is 2. The van der Waals surface area contributed by atoms with Gasteiger partial charge in [-0.2, -0.15) is 0 Å². The van der Waals surface area contributed by atoms with E-state index in [1.807, 2.05) is 13.0 Å². The van der Waals surface area contributed by atoms with Gasteiger partial charge in [-0.05, 0) is 38.8 Å². The summed E-state index contributed by atoms with van der Waals surface area (Å²) < 4.78 is 4.95. The highest BCUT2D eigenvalue weighted by Crippen LogP contribution is 2.18. The van der Waals surface area contributed by atoms with E-state index in [4.69, 9.17) is 4.42 Å². The molecule has 1 aromatic heterocycles. The molecule has 0 bridgehead atoms. The first-order valence-electron chi connectivity index (χ1n) is 5.75. The van der Waals surface area contributed by atoms with Crippen molar-refractivity contribution in [3.05, 3.63) is 24.2 Å². The molecule has 88 valence electrons. The maximum absolute atomic E-state index is 12.0. The van der Waals surface area contributed by atoms with Crippen molar-refractivity contribution in [3.63, 3.8) is 0 Å². The predicted octanol–water partition coefficient (Wildman–Crippen LogP) is 1.43. The van der Waals surface area contributed by atoms with Crippen LogP contribution in [0, 0.1) is 0 Å². The zero-order valence-electron chi connectivity index (χ0n) is 9.58. The van der Waals surface area contributed by atoms with Crippen LogP contribution in [0.5, 0.6) is 0 Å². The summed E-state index contributed by atoms with van der Waals surface area (Å²) in [6.45, 7) is 3.43. The maximum atomic E-state index is 12.0. The Hall–Kier alpha value is -1.29. The van der Waals surface area contributed by atoms with Crippen LogP contribution in [0.3, 0.4) is 0 Å². The summed E-state index contributed by atoms with van der Waals surface area (Å²) in [4.78, 5) is 12.0. The average Bonchev–Trinajstić information content (AvgIpc) is 2.79. The molecular formula is C12H18N2O2. The van der Waals surface area contributed by atoms with Crippen LogP contribution in [0.1, 0.15) is 31.7 Å². The average molecular weight is 222 g/mol. The smallest absolute Gasteiger partial charge is 0.240 e. The highest BCUT2D eigenvalue weighted by atomic mass is 16.3. The first kappa shape index (κ1) is 11.2. The number of carbonyl (C=O) groups is 1. The van der Waals surface area contributed by atoms with Crippen LogP contribution in [0.25, 0.3) is 0 Å². The van der Waals surface area contributed by atoms with Gasteiger partial charge in [0.1, 0.15) is 0 Å². The van der Waals surface area contributed by atoms with Gasteiger partial charge in [0, 0.05) is 12.1 Å². The molecule has 0 spiro atoms. The lowest BCUT2D eigenvalue weighted by molar-refractivity contribution is -0.128. The number of carbonyl (C=O) groups excluding carboxylic acids is 1. The van der Waals surface area contributed by atoms with E-state index in [-0.39, 0.29) is 5.91 Å². The molecule has 1 saturated heterocycles. The number of furan rings is 1. The highest BCUT2D eigenvalue weighted by molar-refractivity contribution is 5.85. The second-order valence-electron chi connectivity index (χ2n) is 4.53. The van der Waals surface area contributed by atoms with Gasteiger partial charge in [0.25, 0.3) is 0 Å².